The van der Waals surface area contributed by atoms with E-state index in [9.17, 15) is 23.4 Å². The Morgan fingerprint density at radius 2 is 1.98 bits per heavy atom. The molecular formula is C35H35F4N5O4. The van der Waals surface area contributed by atoms with Crippen LogP contribution in [0.15, 0.2) is 30.5 Å². The minimum absolute atomic E-state index is 0.00243. The number of aliphatic hydroxyl groups is 1. The monoisotopic (exact) mass is 665 g/mol. The third kappa shape index (κ3) is 5.45. The third-order valence-electron chi connectivity index (χ3n) is 10.2. The first-order valence-corrected chi connectivity index (χ1v) is 16.0. The number of terminal acetylenes is 1. The number of anilines is 1. The third-order valence-corrected chi connectivity index (χ3v) is 10.2. The van der Waals surface area contributed by atoms with Gasteiger partial charge in [0.1, 0.15) is 28.6 Å². The molecule has 0 amide bonds. The van der Waals surface area contributed by atoms with E-state index in [1.165, 1.54) is 29.3 Å². The van der Waals surface area contributed by atoms with Gasteiger partial charge in [-0.15, -0.1) is 6.42 Å². The maximum atomic E-state index is 16.8. The average Bonchev–Trinajstić information content (AvgIpc) is 3.40. The number of alkyl halides is 2. The van der Waals surface area contributed by atoms with Gasteiger partial charge in [-0.05, 0) is 62.9 Å². The van der Waals surface area contributed by atoms with Crippen LogP contribution in [0, 0.1) is 29.4 Å². The zero-order chi connectivity index (χ0) is 33.8. The highest BCUT2D eigenvalue weighted by molar-refractivity contribution is 6.03. The Hall–Kier alpha value is -4.25. The molecule has 252 valence electrons. The van der Waals surface area contributed by atoms with Crippen molar-refractivity contribution in [2.24, 2.45) is 5.41 Å². The van der Waals surface area contributed by atoms with Crippen molar-refractivity contribution in [2.45, 2.75) is 50.2 Å². The van der Waals surface area contributed by atoms with Gasteiger partial charge in [-0.1, -0.05) is 18.4 Å². The summed E-state index contributed by atoms with van der Waals surface area (Å²) >= 11 is 0. The van der Waals surface area contributed by atoms with Crippen LogP contribution < -0.4 is 9.64 Å². The molecule has 4 heterocycles. The Balaban J connectivity index is 1.39. The lowest BCUT2D eigenvalue weighted by molar-refractivity contribution is -0.123. The summed E-state index contributed by atoms with van der Waals surface area (Å²) in [6.45, 7) is 0.167. The van der Waals surface area contributed by atoms with E-state index in [0.717, 1.165) is 44.7 Å². The maximum Gasteiger partial charge on any atom is 0.319 e. The Kier molecular flexibility index (Phi) is 8.30. The molecule has 2 aromatic heterocycles. The van der Waals surface area contributed by atoms with Gasteiger partial charge in [0.2, 0.25) is 0 Å². The number of pyridine rings is 1. The van der Waals surface area contributed by atoms with Gasteiger partial charge < -0.3 is 29.5 Å². The van der Waals surface area contributed by atoms with Crippen LogP contribution in [-0.4, -0.2) is 94.6 Å². The summed E-state index contributed by atoms with van der Waals surface area (Å²) in [7, 11) is 2.10. The summed E-state index contributed by atoms with van der Waals surface area (Å²) in [5.41, 5.74) is -3.26. The van der Waals surface area contributed by atoms with Gasteiger partial charge in [-0.3, -0.25) is 4.98 Å². The lowest BCUT2D eigenvalue weighted by atomic mass is 9.76. The smallest absolute Gasteiger partial charge is 0.319 e. The van der Waals surface area contributed by atoms with Crippen LogP contribution in [0.2, 0.25) is 0 Å². The molecule has 48 heavy (non-hydrogen) atoms. The number of phenolic OH excluding ortho intramolecular Hbond substituents is 1. The molecule has 9 nitrogen and oxygen atoms in total. The number of hydrogen-bond acceptors (Lipinski definition) is 9. The van der Waals surface area contributed by atoms with E-state index in [-0.39, 0.29) is 75.9 Å². The highest BCUT2D eigenvalue weighted by atomic mass is 19.3. The van der Waals surface area contributed by atoms with Crippen LogP contribution in [0.25, 0.3) is 32.9 Å². The molecule has 1 saturated carbocycles. The molecule has 2 saturated heterocycles. The van der Waals surface area contributed by atoms with Crippen molar-refractivity contribution in [1.29, 1.82) is 0 Å². The quantitative estimate of drug-likeness (QED) is 0.210. The van der Waals surface area contributed by atoms with Gasteiger partial charge in [0.05, 0.1) is 37.3 Å². The molecule has 2 aliphatic heterocycles. The Morgan fingerprint density at radius 3 is 2.77 bits per heavy atom. The number of halogens is 4. The standard InChI is InChI=1S/C35H35F4N5O4/c1-3-22-25(36)8-7-20-14-21(45)15-23(27(20)22)29-28(37)30-24(16-40-29)31(44-12-13-47-19-35(46,17-44)32(38)39)42-33(41-30)48-18-34-9-4-6-26(34)43(2)11-5-10-34/h1,7-8,14-16,26,32,45-46H,4-6,9-13,17-19H2,2H3. The Bertz CT molecular complexity index is 1940. The van der Waals surface area contributed by atoms with Gasteiger partial charge in [0, 0.05) is 35.1 Å². The predicted molar refractivity (Wildman–Crippen MR) is 171 cm³/mol. The van der Waals surface area contributed by atoms with E-state index in [2.05, 4.69) is 32.8 Å². The molecule has 1 aliphatic carbocycles. The predicted octanol–water partition coefficient (Wildman–Crippen LogP) is 5.29. The van der Waals surface area contributed by atoms with Crippen molar-refractivity contribution in [3.63, 3.8) is 0 Å². The minimum Gasteiger partial charge on any atom is -0.508 e. The van der Waals surface area contributed by atoms with Crippen molar-refractivity contribution in [1.82, 2.24) is 19.9 Å². The second-order valence-corrected chi connectivity index (χ2v) is 13.2. The SMILES string of the molecule is C#Cc1c(F)ccc2cc(O)cc(-c3ncc4c(N5CCOCC(O)(C(F)F)C5)nc(OCC56CCCC5N(C)CCC6)nc4c3F)c12. The molecule has 4 aromatic rings. The van der Waals surface area contributed by atoms with Crippen LogP contribution in [0.5, 0.6) is 11.8 Å². The molecule has 2 aromatic carbocycles. The fourth-order valence-electron chi connectivity index (χ4n) is 7.84. The summed E-state index contributed by atoms with van der Waals surface area (Å²) in [6, 6.07) is 5.36. The number of likely N-dealkylation sites (tertiary alicyclic amines) is 1. The number of aromatic hydroxyl groups is 1. The maximum absolute atomic E-state index is 16.8. The number of hydrogen-bond donors (Lipinski definition) is 2. The summed E-state index contributed by atoms with van der Waals surface area (Å²) < 4.78 is 71.4. The number of phenols is 1. The second kappa shape index (κ2) is 12.3. The molecule has 7 rings (SSSR count). The molecule has 13 heteroatoms. The molecule has 3 unspecified atom stereocenters. The van der Waals surface area contributed by atoms with Crippen molar-refractivity contribution in [2.75, 3.05) is 51.4 Å². The largest absolute Gasteiger partial charge is 0.508 e. The summed E-state index contributed by atoms with van der Waals surface area (Å²) in [5, 5.41) is 21.9. The van der Waals surface area contributed by atoms with Crippen molar-refractivity contribution >= 4 is 27.5 Å². The second-order valence-electron chi connectivity index (χ2n) is 13.2. The van der Waals surface area contributed by atoms with E-state index >= 15 is 4.39 Å². The Labute approximate surface area is 274 Å². The fourth-order valence-corrected chi connectivity index (χ4v) is 7.84. The topological polar surface area (TPSA) is 104 Å². The van der Waals surface area contributed by atoms with Crippen LogP contribution in [0.3, 0.4) is 0 Å². The summed E-state index contributed by atoms with van der Waals surface area (Å²) in [6.07, 6.45) is 8.79. The van der Waals surface area contributed by atoms with Gasteiger partial charge in [-0.2, -0.15) is 9.97 Å². The lowest BCUT2D eigenvalue weighted by Gasteiger charge is -2.44. The highest BCUT2D eigenvalue weighted by Crippen LogP contribution is 2.47. The van der Waals surface area contributed by atoms with E-state index < -0.39 is 36.8 Å². The van der Waals surface area contributed by atoms with Crippen molar-refractivity contribution in [3.05, 3.63) is 47.7 Å². The van der Waals surface area contributed by atoms with Crippen molar-refractivity contribution < 1.29 is 37.2 Å². The van der Waals surface area contributed by atoms with E-state index in [0.29, 0.717) is 11.4 Å². The van der Waals surface area contributed by atoms with Crippen LogP contribution >= 0.6 is 0 Å². The number of fused-ring (bicyclic) bond motifs is 3. The first-order valence-electron chi connectivity index (χ1n) is 16.0. The number of rotatable bonds is 6. The fraction of sp³-hybridized carbons (Fsp3) is 0.457. The van der Waals surface area contributed by atoms with Crippen molar-refractivity contribution in [3.8, 4) is 35.4 Å². The number of ether oxygens (including phenoxy) is 2. The minimum atomic E-state index is -3.13. The van der Waals surface area contributed by atoms with Crippen LogP contribution in [0.1, 0.15) is 37.7 Å². The Morgan fingerprint density at radius 1 is 1.17 bits per heavy atom. The van der Waals surface area contributed by atoms with Crippen LogP contribution in [0.4, 0.5) is 23.4 Å². The van der Waals surface area contributed by atoms with E-state index in [1.54, 1.807) is 0 Å². The number of benzene rings is 2. The molecule has 2 N–H and O–H groups in total. The number of nitrogens with zero attached hydrogens (tertiary/aromatic N) is 5. The number of piperidine rings is 1. The van der Waals surface area contributed by atoms with Gasteiger partial charge in [0.15, 0.2) is 11.4 Å². The van der Waals surface area contributed by atoms with Gasteiger partial charge in [0.25, 0.3) is 6.43 Å². The number of β-amino-alcohol motifs (C(OH)–C–C–N with tert-alkyl or cyclic N) is 1. The van der Waals surface area contributed by atoms with Crippen LogP contribution in [-0.2, 0) is 4.74 Å². The molecule has 0 bridgehead atoms. The average molecular weight is 666 g/mol. The lowest BCUT2D eigenvalue weighted by Crippen LogP contribution is -2.50. The molecular weight excluding hydrogens is 630 g/mol. The zero-order valence-electron chi connectivity index (χ0n) is 26.4. The zero-order valence-corrected chi connectivity index (χ0v) is 26.4. The molecule has 3 atom stereocenters. The molecule has 0 radical (unpaired) electrons. The molecule has 0 spiro atoms. The van der Waals surface area contributed by atoms with E-state index in [4.69, 9.17) is 15.9 Å². The summed E-state index contributed by atoms with van der Waals surface area (Å²) in [4.78, 5) is 17.2. The van der Waals surface area contributed by atoms with Gasteiger partial charge >= 0.3 is 6.01 Å². The normalized spacial score (nSPS) is 25.0. The molecule has 3 aliphatic rings. The highest BCUT2D eigenvalue weighted by Gasteiger charge is 2.47. The van der Waals surface area contributed by atoms with Gasteiger partial charge in [-0.25, -0.2) is 17.6 Å². The number of aromatic nitrogens is 3. The van der Waals surface area contributed by atoms with E-state index in [1.807, 2.05) is 0 Å². The molecule has 3 fully saturated rings. The summed E-state index contributed by atoms with van der Waals surface area (Å²) in [5.74, 6) is 0.489. The first-order chi connectivity index (χ1) is 23.0. The first kappa shape index (κ1) is 32.3.